The van der Waals surface area contributed by atoms with Crippen LogP contribution in [0.25, 0.3) is 5.69 Å². The number of benzene rings is 1. The Morgan fingerprint density at radius 2 is 2.12 bits per heavy atom. The Morgan fingerprint density at radius 1 is 1.42 bits per heavy atom. The third-order valence-electron chi connectivity index (χ3n) is 4.29. The van der Waals surface area contributed by atoms with Crippen LogP contribution in [0.2, 0.25) is 5.02 Å². The number of rotatable bonds is 6. The van der Waals surface area contributed by atoms with E-state index in [-0.39, 0.29) is 11.9 Å². The lowest BCUT2D eigenvalue weighted by Crippen LogP contribution is -2.34. The maximum Gasteiger partial charge on any atom is 0.257 e. The highest BCUT2D eigenvalue weighted by Crippen LogP contribution is 2.19. The highest BCUT2D eigenvalue weighted by atomic mass is 35.5. The number of halogens is 1. The van der Waals surface area contributed by atoms with E-state index in [4.69, 9.17) is 17.3 Å². The van der Waals surface area contributed by atoms with Crippen LogP contribution >= 0.6 is 11.6 Å². The molecule has 0 saturated heterocycles. The van der Waals surface area contributed by atoms with Crippen molar-refractivity contribution in [2.45, 2.75) is 33.2 Å². The molecule has 0 aliphatic heterocycles. The van der Waals surface area contributed by atoms with Gasteiger partial charge < -0.3 is 10.6 Å². The highest BCUT2D eigenvalue weighted by Gasteiger charge is 2.19. The van der Waals surface area contributed by atoms with E-state index in [2.05, 4.69) is 18.9 Å². The largest absolute Gasteiger partial charge is 0.342 e. The molecule has 1 heterocycles. The van der Waals surface area contributed by atoms with Gasteiger partial charge in [0.1, 0.15) is 0 Å². The molecule has 1 aromatic heterocycles. The molecule has 0 fully saturated rings. The molecule has 0 aliphatic rings. The Balaban J connectivity index is 2.13. The summed E-state index contributed by atoms with van der Waals surface area (Å²) in [6, 6.07) is 7.49. The van der Waals surface area contributed by atoms with Crippen LogP contribution in [0.3, 0.4) is 0 Å². The van der Waals surface area contributed by atoms with E-state index in [1.165, 1.54) is 0 Å². The van der Waals surface area contributed by atoms with Crippen LogP contribution in [0.4, 0.5) is 0 Å². The van der Waals surface area contributed by atoms with Gasteiger partial charge in [0.25, 0.3) is 5.91 Å². The molecule has 1 amide bonds. The SMILES string of the molecule is Cc1c(C(=O)N(C)CCC(N)C(C)C)cnn1-c1cccc(Cl)c1. The number of aromatic nitrogens is 2. The number of nitrogens with zero attached hydrogens (tertiary/aromatic N) is 3. The number of carbonyl (C=O) groups is 1. The average Bonchev–Trinajstić information content (AvgIpc) is 2.92. The minimum atomic E-state index is -0.0447. The zero-order valence-electron chi connectivity index (χ0n) is 14.7. The predicted octanol–water partition coefficient (Wildman–Crippen LogP) is 3.28. The second-order valence-electron chi connectivity index (χ2n) is 6.46. The molecule has 2 aromatic rings. The molecule has 0 aliphatic carbocycles. The molecular weight excluding hydrogens is 324 g/mol. The zero-order valence-corrected chi connectivity index (χ0v) is 15.4. The van der Waals surface area contributed by atoms with E-state index in [0.29, 0.717) is 23.0 Å². The van der Waals surface area contributed by atoms with E-state index in [1.54, 1.807) is 22.8 Å². The Hall–Kier alpha value is -1.85. The molecular formula is C18H25ClN4O. The third kappa shape index (κ3) is 4.16. The normalized spacial score (nSPS) is 12.5. The Bertz CT molecular complexity index is 711. The molecule has 0 spiro atoms. The number of nitrogens with two attached hydrogens (primary N) is 1. The summed E-state index contributed by atoms with van der Waals surface area (Å²) in [6.45, 7) is 6.69. The molecule has 6 heteroatoms. The van der Waals surface area contributed by atoms with E-state index in [9.17, 15) is 4.79 Å². The van der Waals surface area contributed by atoms with Gasteiger partial charge in [-0.15, -0.1) is 0 Å². The monoisotopic (exact) mass is 348 g/mol. The first kappa shape index (κ1) is 18.5. The van der Waals surface area contributed by atoms with Crippen LogP contribution in [0.15, 0.2) is 30.5 Å². The Labute approximate surface area is 148 Å². The third-order valence-corrected chi connectivity index (χ3v) is 4.53. The minimum Gasteiger partial charge on any atom is -0.342 e. The van der Waals surface area contributed by atoms with E-state index < -0.39 is 0 Å². The quantitative estimate of drug-likeness (QED) is 0.871. The average molecular weight is 349 g/mol. The second-order valence-corrected chi connectivity index (χ2v) is 6.90. The van der Waals surface area contributed by atoms with Crippen molar-refractivity contribution >= 4 is 17.5 Å². The molecule has 24 heavy (non-hydrogen) atoms. The summed E-state index contributed by atoms with van der Waals surface area (Å²) in [6.07, 6.45) is 2.39. The number of amides is 1. The summed E-state index contributed by atoms with van der Waals surface area (Å²) < 4.78 is 1.73. The summed E-state index contributed by atoms with van der Waals surface area (Å²) in [5, 5.41) is 4.97. The van der Waals surface area contributed by atoms with Gasteiger partial charge >= 0.3 is 0 Å². The summed E-state index contributed by atoms with van der Waals surface area (Å²) >= 11 is 6.04. The fourth-order valence-corrected chi connectivity index (χ4v) is 2.66. The maximum absolute atomic E-state index is 12.7. The first-order chi connectivity index (χ1) is 11.3. The van der Waals surface area contributed by atoms with Crippen LogP contribution in [0.1, 0.15) is 36.3 Å². The first-order valence-electron chi connectivity index (χ1n) is 8.13. The van der Waals surface area contributed by atoms with Crippen LogP contribution in [0, 0.1) is 12.8 Å². The van der Waals surface area contributed by atoms with Crippen molar-refractivity contribution in [2.24, 2.45) is 11.7 Å². The molecule has 5 nitrogen and oxygen atoms in total. The standard InChI is InChI=1S/C18H25ClN4O/c1-12(2)17(20)8-9-22(4)18(24)16-11-21-23(13(16)3)15-7-5-6-14(19)10-15/h5-7,10-12,17H,8-9,20H2,1-4H3. The summed E-state index contributed by atoms with van der Waals surface area (Å²) in [7, 11) is 1.80. The van der Waals surface area contributed by atoms with Gasteiger partial charge in [0, 0.05) is 24.7 Å². The lowest BCUT2D eigenvalue weighted by Gasteiger charge is -2.21. The second kappa shape index (κ2) is 7.81. The van der Waals surface area contributed by atoms with Crippen molar-refractivity contribution in [1.29, 1.82) is 0 Å². The van der Waals surface area contributed by atoms with Gasteiger partial charge in [-0.25, -0.2) is 4.68 Å². The van der Waals surface area contributed by atoms with Crippen LogP contribution in [0.5, 0.6) is 0 Å². The van der Waals surface area contributed by atoms with Crippen molar-refractivity contribution < 1.29 is 4.79 Å². The lowest BCUT2D eigenvalue weighted by molar-refractivity contribution is 0.0788. The summed E-state index contributed by atoms with van der Waals surface area (Å²) in [5.74, 6) is 0.359. The van der Waals surface area contributed by atoms with Gasteiger partial charge in [-0.2, -0.15) is 5.10 Å². The lowest BCUT2D eigenvalue weighted by atomic mass is 10.0. The predicted molar refractivity (Wildman–Crippen MR) is 97.7 cm³/mol. The number of hydrogen-bond donors (Lipinski definition) is 1. The Morgan fingerprint density at radius 3 is 2.75 bits per heavy atom. The van der Waals surface area contributed by atoms with Crippen molar-refractivity contribution in [1.82, 2.24) is 14.7 Å². The molecule has 0 saturated carbocycles. The van der Waals surface area contributed by atoms with Gasteiger partial charge in [-0.1, -0.05) is 31.5 Å². The highest BCUT2D eigenvalue weighted by molar-refractivity contribution is 6.30. The minimum absolute atomic E-state index is 0.0447. The van der Waals surface area contributed by atoms with Crippen molar-refractivity contribution in [3.63, 3.8) is 0 Å². The van der Waals surface area contributed by atoms with Crippen molar-refractivity contribution in [2.75, 3.05) is 13.6 Å². The maximum atomic E-state index is 12.7. The number of hydrogen-bond acceptors (Lipinski definition) is 3. The summed E-state index contributed by atoms with van der Waals surface area (Å²) in [4.78, 5) is 14.4. The first-order valence-corrected chi connectivity index (χ1v) is 8.50. The molecule has 1 atom stereocenters. The fourth-order valence-electron chi connectivity index (χ4n) is 2.47. The van der Waals surface area contributed by atoms with Crippen molar-refractivity contribution in [3.8, 4) is 5.69 Å². The molecule has 1 aromatic carbocycles. The Kier molecular flexibility index (Phi) is 6.02. The molecule has 2 rings (SSSR count). The van der Waals surface area contributed by atoms with Crippen molar-refractivity contribution in [3.05, 3.63) is 46.7 Å². The van der Waals surface area contributed by atoms with Gasteiger partial charge in [-0.3, -0.25) is 4.79 Å². The topological polar surface area (TPSA) is 64.2 Å². The summed E-state index contributed by atoms with van der Waals surface area (Å²) in [5.41, 5.74) is 8.28. The van der Waals surface area contributed by atoms with Gasteiger partial charge in [0.2, 0.25) is 0 Å². The zero-order chi connectivity index (χ0) is 17.9. The van der Waals surface area contributed by atoms with Gasteiger partial charge in [-0.05, 0) is 37.5 Å². The number of carbonyl (C=O) groups excluding carboxylic acids is 1. The smallest absolute Gasteiger partial charge is 0.257 e. The van der Waals surface area contributed by atoms with Crippen LogP contribution in [-0.2, 0) is 0 Å². The molecule has 0 radical (unpaired) electrons. The van der Waals surface area contributed by atoms with Crippen LogP contribution < -0.4 is 5.73 Å². The molecule has 2 N–H and O–H groups in total. The van der Waals surface area contributed by atoms with Gasteiger partial charge in [0.05, 0.1) is 23.1 Å². The van der Waals surface area contributed by atoms with E-state index in [1.807, 2.05) is 31.2 Å². The van der Waals surface area contributed by atoms with Gasteiger partial charge in [0.15, 0.2) is 0 Å². The van der Waals surface area contributed by atoms with E-state index in [0.717, 1.165) is 17.8 Å². The fraction of sp³-hybridized carbons (Fsp3) is 0.444. The molecule has 0 bridgehead atoms. The molecule has 130 valence electrons. The van der Waals surface area contributed by atoms with Crippen LogP contribution in [-0.4, -0.2) is 40.2 Å². The van der Waals surface area contributed by atoms with E-state index >= 15 is 0 Å². The molecule has 1 unspecified atom stereocenters.